The zero-order valence-electron chi connectivity index (χ0n) is 16.6. The molecule has 0 spiro atoms. The molecule has 158 valence electrons. The Morgan fingerprint density at radius 3 is 2.27 bits per heavy atom. The zero-order chi connectivity index (χ0) is 22.8. The lowest BCUT2D eigenvalue weighted by Crippen LogP contribution is -1.96. The highest BCUT2D eigenvalue weighted by Gasteiger charge is 2.15. The summed E-state index contributed by atoms with van der Waals surface area (Å²) < 4.78 is 9.09. The van der Waals surface area contributed by atoms with Crippen LogP contribution in [0.3, 0.4) is 0 Å². The van der Waals surface area contributed by atoms with E-state index in [4.69, 9.17) is 10.4 Å². The van der Waals surface area contributed by atoms with Crippen LogP contribution in [0.5, 0.6) is 0 Å². The van der Waals surface area contributed by atoms with E-state index < -0.39 is 5.97 Å². The van der Waals surface area contributed by atoms with Crippen molar-refractivity contribution < 1.29 is 9.90 Å². The Morgan fingerprint density at radius 1 is 0.909 bits per heavy atom. The summed E-state index contributed by atoms with van der Waals surface area (Å²) in [6.45, 7) is 0. The summed E-state index contributed by atoms with van der Waals surface area (Å²) in [4.78, 5) is 15.6. The second-order valence-corrected chi connectivity index (χ2v) is 10.4. The minimum absolute atomic E-state index is 0.299. The van der Waals surface area contributed by atoms with Crippen LogP contribution in [0.4, 0.5) is 0 Å². The van der Waals surface area contributed by atoms with Gasteiger partial charge >= 0.3 is 5.97 Å². The van der Waals surface area contributed by atoms with Gasteiger partial charge in [-0.05, 0) is 53.6 Å². The van der Waals surface area contributed by atoms with Crippen molar-refractivity contribution in [3.05, 3.63) is 74.1 Å². The predicted octanol–water partition coefficient (Wildman–Crippen LogP) is 6.60. The van der Waals surface area contributed by atoms with Crippen LogP contribution in [0.2, 0.25) is 0 Å². The Bertz CT molecular complexity index is 1620. The molecule has 0 amide bonds. The van der Waals surface area contributed by atoms with E-state index in [9.17, 15) is 4.79 Å². The number of hydrogen-bond donors (Lipinski definition) is 1. The number of nitriles is 1. The number of rotatable bonds is 4. The molecule has 9 heteroatoms. The Morgan fingerprint density at radius 2 is 1.61 bits per heavy atom. The van der Waals surface area contributed by atoms with E-state index in [-0.39, 0.29) is 5.57 Å². The van der Waals surface area contributed by atoms with E-state index in [1.165, 1.54) is 34.0 Å². The maximum absolute atomic E-state index is 11.0. The van der Waals surface area contributed by atoms with Crippen molar-refractivity contribution in [2.45, 2.75) is 0 Å². The smallest absolute Gasteiger partial charge is 0.346 e. The SMILES string of the molecule is N#C/C(=C\c1ccc(C#Cc2ccc(-c3ccc(-c4cccs4)c4nsnc34)s2)s1)C(=O)O. The Labute approximate surface area is 204 Å². The number of aromatic nitrogens is 2. The van der Waals surface area contributed by atoms with Crippen LogP contribution < -0.4 is 0 Å². The molecule has 5 aromatic rings. The molecule has 0 aliphatic carbocycles. The van der Waals surface area contributed by atoms with Gasteiger partial charge in [-0.1, -0.05) is 18.2 Å². The molecule has 0 radical (unpaired) electrons. The van der Waals surface area contributed by atoms with E-state index >= 15 is 0 Å². The lowest BCUT2D eigenvalue weighted by atomic mass is 10.1. The molecule has 4 heterocycles. The van der Waals surface area contributed by atoms with Crippen LogP contribution in [-0.4, -0.2) is 19.8 Å². The summed E-state index contributed by atoms with van der Waals surface area (Å²) in [5, 5.41) is 19.9. The van der Waals surface area contributed by atoms with Crippen molar-refractivity contribution in [2.75, 3.05) is 0 Å². The Balaban J connectivity index is 1.42. The predicted molar refractivity (Wildman–Crippen MR) is 136 cm³/mol. The van der Waals surface area contributed by atoms with E-state index in [2.05, 4.69) is 44.2 Å². The van der Waals surface area contributed by atoms with Crippen molar-refractivity contribution in [3.63, 3.8) is 0 Å². The van der Waals surface area contributed by atoms with Crippen LogP contribution >= 0.6 is 45.7 Å². The van der Waals surface area contributed by atoms with Gasteiger partial charge in [-0.15, -0.1) is 34.0 Å². The van der Waals surface area contributed by atoms with Crippen molar-refractivity contribution >= 4 is 68.8 Å². The number of nitrogens with zero attached hydrogens (tertiary/aromatic N) is 3. The maximum Gasteiger partial charge on any atom is 0.346 e. The van der Waals surface area contributed by atoms with Crippen LogP contribution in [0.25, 0.3) is 38.0 Å². The van der Waals surface area contributed by atoms with Crippen molar-refractivity contribution in [3.8, 4) is 38.8 Å². The molecular weight excluding hydrogens is 491 g/mol. The molecule has 4 aromatic heterocycles. The second-order valence-electron chi connectivity index (χ2n) is 6.69. The molecule has 0 aliphatic rings. The fourth-order valence-electron chi connectivity index (χ4n) is 3.15. The molecule has 5 nitrogen and oxygen atoms in total. The quantitative estimate of drug-likeness (QED) is 0.170. The molecule has 33 heavy (non-hydrogen) atoms. The van der Waals surface area contributed by atoms with Gasteiger partial charge in [-0.3, -0.25) is 0 Å². The molecule has 5 rings (SSSR count). The molecular formula is C24H11N3O2S4. The molecule has 1 aromatic carbocycles. The van der Waals surface area contributed by atoms with Gasteiger partial charge in [-0.25, -0.2) is 4.79 Å². The van der Waals surface area contributed by atoms with E-state index in [1.807, 2.05) is 24.3 Å². The number of carboxylic acids is 1. The molecule has 1 N–H and O–H groups in total. The average Bonchev–Trinajstić information content (AvgIpc) is 3.62. The monoisotopic (exact) mass is 501 g/mol. The fraction of sp³-hybridized carbons (Fsp3) is 0. The summed E-state index contributed by atoms with van der Waals surface area (Å²) in [7, 11) is 0. The summed E-state index contributed by atoms with van der Waals surface area (Å²) in [6.07, 6.45) is 1.36. The van der Waals surface area contributed by atoms with E-state index in [0.717, 1.165) is 36.8 Å². The summed E-state index contributed by atoms with van der Waals surface area (Å²) >= 11 is 5.84. The molecule has 0 unspecified atom stereocenters. The lowest BCUT2D eigenvalue weighted by molar-refractivity contribution is -0.132. The molecule has 0 saturated heterocycles. The van der Waals surface area contributed by atoms with Crippen molar-refractivity contribution in [1.29, 1.82) is 5.26 Å². The van der Waals surface area contributed by atoms with Gasteiger partial charge in [0.05, 0.1) is 21.5 Å². The van der Waals surface area contributed by atoms with Gasteiger partial charge in [0.1, 0.15) is 22.7 Å². The first kappa shape index (κ1) is 21.3. The summed E-state index contributed by atoms with van der Waals surface area (Å²) in [5.74, 6) is 5.06. The number of aliphatic carboxylic acids is 1. The standard InChI is InChI=1S/C24H11N3O2S4/c25-13-14(24(28)29)12-17-6-5-15(31-17)3-4-16-7-10-21(32-16)19-9-8-18(20-2-1-11-30-20)22-23(19)27-33-26-22/h1-2,5-12H,(H,28,29)/b14-12+. The number of carbonyl (C=O) groups is 1. The largest absolute Gasteiger partial charge is 0.477 e. The molecule has 0 bridgehead atoms. The highest BCUT2D eigenvalue weighted by atomic mass is 32.1. The van der Waals surface area contributed by atoms with Gasteiger partial charge < -0.3 is 5.11 Å². The summed E-state index contributed by atoms with van der Waals surface area (Å²) in [5.41, 5.74) is 3.65. The number of thiophene rings is 3. The number of hydrogen-bond acceptors (Lipinski definition) is 8. The third kappa shape index (κ3) is 4.36. The van der Waals surface area contributed by atoms with Crippen LogP contribution in [-0.2, 0) is 4.79 Å². The van der Waals surface area contributed by atoms with Crippen LogP contribution in [0, 0.1) is 23.2 Å². The van der Waals surface area contributed by atoms with Crippen molar-refractivity contribution in [2.24, 2.45) is 0 Å². The number of fused-ring (bicyclic) bond motifs is 1. The van der Waals surface area contributed by atoms with Gasteiger partial charge in [0.2, 0.25) is 0 Å². The van der Waals surface area contributed by atoms with E-state index in [0.29, 0.717) is 4.88 Å². The topological polar surface area (TPSA) is 86.9 Å². The lowest BCUT2D eigenvalue weighted by Gasteiger charge is -2.03. The number of carboxylic acid groups (broad SMARTS) is 1. The third-order valence-corrected chi connectivity index (χ3v) is 8.06. The fourth-order valence-corrected chi connectivity index (χ4v) is 6.17. The minimum atomic E-state index is -1.24. The van der Waals surface area contributed by atoms with Gasteiger partial charge in [0.15, 0.2) is 0 Å². The van der Waals surface area contributed by atoms with E-state index in [1.54, 1.807) is 34.8 Å². The highest BCUT2D eigenvalue weighted by molar-refractivity contribution is 7.16. The molecule has 0 fully saturated rings. The van der Waals surface area contributed by atoms with Crippen LogP contribution in [0.1, 0.15) is 14.6 Å². The summed E-state index contributed by atoms with van der Waals surface area (Å²) in [6, 6.07) is 17.6. The minimum Gasteiger partial charge on any atom is -0.477 e. The molecule has 0 aliphatic heterocycles. The zero-order valence-corrected chi connectivity index (χ0v) is 19.9. The maximum atomic E-state index is 11.0. The first-order valence-electron chi connectivity index (χ1n) is 9.48. The number of benzene rings is 1. The van der Waals surface area contributed by atoms with Gasteiger partial charge in [0.25, 0.3) is 0 Å². The molecule has 0 atom stereocenters. The highest BCUT2D eigenvalue weighted by Crippen LogP contribution is 2.38. The van der Waals surface area contributed by atoms with Crippen molar-refractivity contribution in [1.82, 2.24) is 8.75 Å². The van der Waals surface area contributed by atoms with Gasteiger partial charge in [0, 0.05) is 25.8 Å². The Hall–Kier alpha value is -3.60. The third-order valence-electron chi connectivity index (χ3n) is 4.65. The second kappa shape index (κ2) is 9.10. The average molecular weight is 502 g/mol. The Kier molecular flexibility index (Phi) is 5.86. The van der Waals surface area contributed by atoms with Gasteiger partial charge in [-0.2, -0.15) is 14.0 Å². The van der Waals surface area contributed by atoms with Crippen LogP contribution in [0.15, 0.2) is 59.5 Å². The first-order valence-corrected chi connectivity index (χ1v) is 12.7. The normalized spacial score (nSPS) is 11.2. The first-order chi connectivity index (χ1) is 16.1. The molecule has 0 saturated carbocycles.